The SMILES string of the molecule is CC1(C)Oc2nc(C(F)(F)F)nc(N)c2N=C1c1ccc([C@H]2CC[C@H](CNC(=O)CO)CC2)cc1. The molecule has 0 unspecified atom stereocenters. The summed E-state index contributed by atoms with van der Waals surface area (Å²) < 4.78 is 45.0. The average Bonchev–Trinajstić information content (AvgIpc) is 2.81. The molecule has 1 saturated carbocycles. The molecule has 1 amide bonds. The first kappa shape index (κ1) is 24.9. The van der Waals surface area contributed by atoms with Crippen LogP contribution < -0.4 is 15.8 Å². The number of aromatic nitrogens is 2. The molecule has 1 aromatic carbocycles. The van der Waals surface area contributed by atoms with E-state index in [9.17, 15) is 18.0 Å². The first-order valence-electron chi connectivity index (χ1n) is 11.5. The smallest absolute Gasteiger partial charge is 0.451 e. The van der Waals surface area contributed by atoms with E-state index in [0.717, 1.165) is 31.2 Å². The zero-order valence-electron chi connectivity index (χ0n) is 19.5. The Balaban J connectivity index is 1.50. The van der Waals surface area contributed by atoms with Crippen LogP contribution in [0.3, 0.4) is 0 Å². The summed E-state index contributed by atoms with van der Waals surface area (Å²) in [5.41, 5.74) is 7.21. The highest BCUT2D eigenvalue weighted by atomic mass is 19.4. The minimum Gasteiger partial charge on any atom is -0.463 e. The second-order valence-electron chi connectivity index (χ2n) is 9.46. The maximum absolute atomic E-state index is 13.1. The van der Waals surface area contributed by atoms with Crippen LogP contribution in [0.15, 0.2) is 29.3 Å². The highest BCUT2D eigenvalue weighted by molar-refractivity contribution is 6.09. The lowest BCUT2D eigenvalue weighted by Gasteiger charge is -2.33. The normalized spacial score (nSPS) is 21.5. The molecular weight excluding hydrogens is 463 g/mol. The van der Waals surface area contributed by atoms with Gasteiger partial charge in [0.25, 0.3) is 0 Å². The third-order valence-corrected chi connectivity index (χ3v) is 6.51. The monoisotopic (exact) mass is 491 g/mol. The molecule has 0 radical (unpaired) electrons. The van der Waals surface area contributed by atoms with Crippen molar-refractivity contribution in [2.75, 3.05) is 18.9 Å². The lowest BCUT2D eigenvalue weighted by molar-refractivity contribution is -0.145. The van der Waals surface area contributed by atoms with Gasteiger partial charge in [-0.3, -0.25) is 4.79 Å². The molecule has 2 aliphatic rings. The number of aliphatic imine (C=N–C) groups is 1. The number of carbonyl (C=O) groups is 1. The van der Waals surface area contributed by atoms with Crippen molar-refractivity contribution in [3.63, 3.8) is 0 Å². The zero-order chi connectivity index (χ0) is 25.4. The molecule has 0 bridgehead atoms. The number of fused-ring (bicyclic) bond motifs is 1. The van der Waals surface area contributed by atoms with Gasteiger partial charge in [-0.25, -0.2) is 9.98 Å². The van der Waals surface area contributed by atoms with Crippen molar-refractivity contribution in [3.8, 4) is 5.88 Å². The molecule has 4 rings (SSSR count). The number of nitrogens with zero attached hydrogens (tertiary/aromatic N) is 3. The molecule has 0 atom stereocenters. The van der Waals surface area contributed by atoms with Gasteiger partial charge in [0.2, 0.25) is 17.6 Å². The Morgan fingerprint density at radius 2 is 1.83 bits per heavy atom. The van der Waals surface area contributed by atoms with Gasteiger partial charge >= 0.3 is 6.18 Å². The van der Waals surface area contributed by atoms with Crippen LogP contribution in [-0.4, -0.2) is 45.4 Å². The molecule has 4 N–H and O–H groups in total. The average molecular weight is 492 g/mol. The molecule has 8 nitrogen and oxygen atoms in total. The molecule has 0 spiro atoms. The number of hydrogen-bond acceptors (Lipinski definition) is 7. The number of nitrogens with two attached hydrogens (primary N) is 1. The van der Waals surface area contributed by atoms with Gasteiger partial charge in [-0.1, -0.05) is 24.3 Å². The van der Waals surface area contributed by atoms with Gasteiger partial charge in [0, 0.05) is 12.1 Å². The Bertz CT molecular complexity index is 1120. The lowest BCUT2D eigenvalue weighted by Crippen LogP contribution is -2.41. The van der Waals surface area contributed by atoms with Crippen molar-refractivity contribution in [1.29, 1.82) is 0 Å². The number of aliphatic hydroxyl groups is 1. The van der Waals surface area contributed by atoms with E-state index < -0.39 is 24.2 Å². The topological polar surface area (TPSA) is 123 Å². The molecule has 1 fully saturated rings. The molecule has 2 heterocycles. The first-order chi connectivity index (χ1) is 16.5. The molecule has 2 aromatic rings. The third-order valence-electron chi connectivity index (χ3n) is 6.51. The van der Waals surface area contributed by atoms with Gasteiger partial charge in [0.1, 0.15) is 12.2 Å². The number of nitrogens with one attached hydrogen (secondary N) is 1. The van der Waals surface area contributed by atoms with Crippen molar-refractivity contribution < 1.29 is 27.8 Å². The minimum atomic E-state index is -4.75. The number of benzene rings is 1. The number of aliphatic hydroxyl groups excluding tert-OH is 1. The fraction of sp³-hybridized carbons (Fsp3) is 0.500. The Morgan fingerprint density at radius 3 is 2.43 bits per heavy atom. The van der Waals surface area contributed by atoms with Crippen LogP contribution in [0.2, 0.25) is 0 Å². The predicted molar refractivity (Wildman–Crippen MR) is 124 cm³/mol. The van der Waals surface area contributed by atoms with E-state index in [0.29, 0.717) is 24.1 Å². The van der Waals surface area contributed by atoms with Crippen molar-refractivity contribution in [2.24, 2.45) is 10.9 Å². The Labute approximate surface area is 200 Å². The summed E-state index contributed by atoms with van der Waals surface area (Å²) in [7, 11) is 0. The van der Waals surface area contributed by atoms with Crippen molar-refractivity contribution in [3.05, 3.63) is 41.2 Å². The number of carbonyl (C=O) groups excluding carboxylic acids is 1. The Kier molecular flexibility index (Phi) is 6.72. The van der Waals surface area contributed by atoms with Crippen LogP contribution in [0.4, 0.5) is 24.7 Å². The number of ether oxygens (including phenoxy) is 1. The van der Waals surface area contributed by atoms with E-state index in [1.54, 1.807) is 13.8 Å². The van der Waals surface area contributed by atoms with Gasteiger partial charge in [-0.05, 0) is 56.9 Å². The second-order valence-corrected chi connectivity index (χ2v) is 9.46. The maximum atomic E-state index is 13.1. The number of alkyl halides is 3. The van der Waals surface area contributed by atoms with Crippen molar-refractivity contribution in [2.45, 2.75) is 57.2 Å². The summed E-state index contributed by atoms with van der Waals surface area (Å²) in [4.78, 5) is 22.6. The molecule has 1 aliphatic heterocycles. The number of rotatable bonds is 5. The van der Waals surface area contributed by atoms with Crippen molar-refractivity contribution in [1.82, 2.24) is 15.3 Å². The molecule has 11 heteroatoms. The fourth-order valence-electron chi connectivity index (χ4n) is 4.63. The summed E-state index contributed by atoms with van der Waals surface area (Å²) in [5, 5.41) is 11.6. The molecule has 1 aliphatic carbocycles. The highest BCUT2D eigenvalue weighted by Crippen LogP contribution is 2.42. The van der Waals surface area contributed by atoms with Crippen LogP contribution in [0.1, 0.15) is 62.4 Å². The van der Waals surface area contributed by atoms with E-state index >= 15 is 0 Å². The Hall–Kier alpha value is -3.21. The zero-order valence-corrected chi connectivity index (χ0v) is 19.5. The van der Waals surface area contributed by atoms with Crippen LogP contribution in [-0.2, 0) is 11.0 Å². The standard InChI is InChI=1S/C24H28F3N5O3/c1-23(2)19(30-18-20(28)31-22(24(25,26)27)32-21(18)35-23)16-9-7-15(8-10-16)14-5-3-13(4-6-14)11-29-17(34)12-33/h7-10,13-14,33H,3-6,11-12H2,1-2H3,(H,29,34)(H2,28,31,32)/t13-,14-. The maximum Gasteiger partial charge on any atom is 0.451 e. The fourth-order valence-corrected chi connectivity index (χ4v) is 4.63. The summed E-state index contributed by atoms with van der Waals surface area (Å²) >= 11 is 0. The number of hydrogen-bond donors (Lipinski definition) is 3. The lowest BCUT2D eigenvalue weighted by atomic mass is 9.78. The summed E-state index contributed by atoms with van der Waals surface area (Å²) in [6.45, 7) is 3.52. The molecule has 188 valence electrons. The van der Waals surface area contributed by atoms with E-state index in [2.05, 4.69) is 20.3 Å². The van der Waals surface area contributed by atoms with Crippen LogP contribution >= 0.6 is 0 Å². The van der Waals surface area contributed by atoms with E-state index in [-0.39, 0.29) is 23.3 Å². The van der Waals surface area contributed by atoms with Gasteiger partial charge < -0.3 is 20.9 Å². The number of amides is 1. The summed E-state index contributed by atoms with van der Waals surface area (Å²) in [6.07, 6.45) is -0.777. The van der Waals surface area contributed by atoms with Crippen LogP contribution in [0.5, 0.6) is 5.88 Å². The molecular formula is C24H28F3N5O3. The molecule has 35 heavy (non-hydrogen) atoms. The predicted octanol–water partition coefficient (Wildman–Crippen LogP) is 3.75. The summed E-state index contributed by atoms with van der Waals surface area (Å²) in [6, 6.07) is 7.93. The van der Waals surface area contributed by atoms with Gasteiger partial charge in [0.15, 0.2) is 11.5 Å². The number of anilines is 1. The van der Waals surface area contributed by atoms with E-state index in [1.165, 1.54) is 5.56 Å². The van der Waals surface area contributed by atoms with Gasteiger partial charge in [-0.15, -0.1) is 0 Å². The van der Waals surface area contributed by atoms with Crippen LogP contribution in [0, 0.1) is 5.92 Å². The summed E-state index contributed by atoms with van der Waals surface area (Å²) in [5.74, 6) is -1.59. The Morgan fingerprint density at radius 1 is 1.17 bits per heavy atom. The van der Waals surface area contributed by atoms with Crippen LogP contribution in [0.25, 0.3) is 0 Å². The molecule has 0 saturated heterocycles. The highest BCUT2D eigenvalue weighted by Gasteiger charge is 2.40. The quantitative estimate of drug-likeness (QED) is 0.586. The number of nitrogen functional groups attached to an aromatic ring is 1. The second kappa shape index (κ2) is 9.44. The number of halogens is 3. The minimum absolute atomic E-state index is 0.0111. The van der Waals surface area contributed by atoms with Gasteiger partial charge in [-0.2, -0.15) is 18.2 Å². The van der Waals surface area contributed by atoms with E-state index in [1.807, 2.05) is 24.3 Å². The van der Waals surface area contributed by atoms with Crippen molar-refractivity contribution >= 4 is 23.1 Å². The van der Waals surface area contributed by atoms with E-state index in [4.69, 9.17) is 15.6 Å². The largest absolute Gasteiger partial charge is 0.463 e. The first-order valence-corrected chi connectivity index (χ1v) is 11.5. The third kappa shape index (κ3) is 5.39. The van der Waals surface area contributed by atoms with Gasteiger partial charge in [0.05, 0.1) is 5.71 Å². The molecule has 1 aromatic heterocycles.